The van der Waals surface area contributed by atoms with Gasteiger partial charge in [-0.3, -0.25) is 4.79 Å². The number of carbonyl (C=O) groups is 2. The Balaban J connectivity index is 2.32. The van der Waals surface area contributed by atoms with Gasteiger partial charge in [-0.2, -0.15) is 0 Å². The summed E-state index contributed by atoms with van der Waals surface area (Å²) in [5.41, 5.74) is 0.847. The zero-order valence-corrected chi connectivity index (χ0v) is 18.3. The highest BCUT2D eigenvalue weighted by Gasteiger charge is 2.27. The fraction of sp³-hybridized carbons (Fsp3) is 0.333. The summed E-state index contributed by atoms with van der Waals surface area (Å²) in [5, 5.41) is 7.06. The lowest BCUT2D eigenvalue weighted by molar-refractivity contribution is 0.0601. The van der Waals surface area contributed by atoms with Crippen LogP contribution in [0.1, 0.15) is 39.4 Å². The van der Waals surface area contributed by atoms with Crippen LogP contribution in [0.3, 0.4) is 0 Å². The normalized spacial score (nSPS) is 10.3. The van der Waals surface area contributed by atoms with E-state index < -0.39 is 5.97 Å². The molecule has 0 saturated heterocycles. The summed E-state index contributed by atoms with van der Waals surface area (Å²) < 4.78 is 4.89. The molecule has 0 aliphatic heterocycles. The summed E-state index contributed by atoms with van der Waals surface area (Å²) in [6.45, 7) is 6.68. The second-order valence-electron chi connectivity index (χ2n) is 5.67. The SMILES string of the molecule is CCN(CC)C(=O)c1sc(NC(=S)Nc2ccc(Cl)cn2)c(C(=O)OC)c1C. The van der Waals surface area contributed by atoms with Gasteiger partial charge in [-0.15, -0.1) is 11.3 Å². The highest BCUT2D eigenvalue weighted by molar-refractivity contribution is 7.80. The molecule has 2 N–H and O–H groups in total. The molecule has 0 aromatic carbocycles. The molecule has 0 bridgehead atoms. The third-order valence-electron chi connectivity index (χ3n) is 3.98. The highest BCUT2D eigenvalue weighted by Crippen LogP contribution is 2.34. The third kappa shape index (κ3) is 4.98. The van der Waals surface area contributed by atoms with Crippen molar-refractivity contribution < 1.29 is 14.3 Å². The van der Waals surface area contributed by atoms with Gasteiger partial charge in [-0.05, 0) is 50.7 Å². The molecule has 1 amide bonds. The van der Waals surface area contributed by atoms with E-state index >= 15 is 0 Å². The van der Waals surface area contributed by atoms with Crippen molar-refractivity contribution in [1.82, 2.24) is 9.88 Å². The number of thiocarbonyl (C=S) groups is 1. The van der Waals surface area contributed by atoms with E-state index in [-0.39, 0.29) is 16.6 Å². The first-order chi connectivity index (χ1) is 13.3. The van der Waals surface area contributed by atoms with Gasteiger partial charge < -0.3 is 20.3 Å². The molecule has 0 atom stereocenters. The second-order valence-corrected chi connectivity index (χ2v) is 7.54. The number of rotatable bonds is 6. The number of nitrogens with one attached hydrogen (secondary N) is 2. The molecule has 0 unspecified atom stereocenters. The highest BCUT2D eigenvalue weighted by atomic mass is 35.5. The molecule has 2 heterocycles. The van der Waals surface area contributed by atoms with Gasteiger partial charge >= 0.3 is 5.97 Å². The Bertz CT molecular complexity index is 880. The minimum atomic E-state index is -0.540. The maximum atomic E-state index is 12.8. The zero-order chi connectivity index (χ0) is 20.8. The summed E-state index contributed by atoms with van der Waals surface area (Å²) in [4.78, 5) is 31.4. The number of ether oxygens (including phenoxy) is 1. The summed E-state index contributed by atoms with van der Waals surface area (Å²) in [6.07, 6.45) is 1.49. The maximum Gasteiger partial charge on any atom is 0.341 e. The number of nitrogens with zero attached hydrogens (tertiary/aromatic N) is 2. The fourth-order valence-corrected chi connectivity index (χ4v) is 4.06. The van der Waals surface area contributed by atoms with E-state index in [1.54, 1.807) is 24.0 Å². The molecule has 0 aliphatic rings. The van der Waals surface area contributed by atoms with Crippen molar-refractivity contribution in [2.24, 2.45) is 0 Å². The predicted octanol–water partition coefficient (Wildman–Crippen LogP) is 4.18. The molecule has 2 rings (SSSR count). The van der Waals surface area contributed by atoms with Gasteiger partial charge in [0.2, 0.25) is 0 Å². The molecule has 7 nitrogen and oxygen atoms in total. The average molecular weight is 441 g/mol. The lowest BCUT2D eigenvalue weighted by Gasteiger charge is -2.17. The third-order valence-corrected chi connectivity index (χ3v) is 5.60. The number of methoxy groups -OCH3 is 1. The van der Waals surface area contributed by atoms with Crippen molar-refractivity contribution >= 4 is 63.0 Å². The van der Waals surface area contributed by atoms with Crippen LogP contribution in [0.5, 0.6) is 0 Å². The van der Waals surface area contributed by atoms with Crippen molar-refractivity contribution in [2.45, 2.75) is 20.8 Å². The van der Waals surface area contributed by atoms with Crippen LogP contribution in [0.4, 0.5) is 10.8 Å². The minimum Gasteiger partial charge on any atom is -0.465 e. The monoisotopic (exact) mass is 440 g/mol. The van der Waals surface area contributed by atoms with Gasteiger partial charge in [-0.25, -0.2) is 9.78 Å². The van der Waals surface area contributed by atoms with E-state index in [1.807, 2.05) is 13.8 Å². The topological polar surface area (TPSA) is 83.6 Å². The van der Waals surface area contributed by atoms with E-state index in [4.69, 9.17) is 28.6 Å². The standard InChI is InChI=1S/C18H21ClN4O3S2/c1-5-23(6-2)16(24)14-10(3)13(17(25)26-4)15(28-14)22-18(27)21-12-8-7-11(19)9-20-12/h7-9H,5-6H2,1-4H3,(H2,20,21,22,27). The van der Waals surface area contributed by atoms with Crippen molar-refractivity contribution in [3.05, 3.63) is 39.4 Å². The van der Waals surface area contributed by atoms with Crippen molar-refractivity contribution in [3.63, 3.8) is 0 Å². The minimum absolute atomic E-state index is 0.135. The molecule has 2 aromatic rings. The zero-order valence-electron chi connectivity index (χ0n) is 16.0. The van der Waals surface area contributed by atoms with Gasteiger partial charge in [0.05, 0.1) is 22.6 Å². The number of thiophene rings is 1. The molecular weight excluding hydrogens is 420 g/mol. The lowest BCUT2D eigenvalue weighted by Crippen LogP contribution is -2.30. The Morgan fingerprint density at radius 1 is 1.29 bits per heavy atom. The fourth-order valence-electron chi connectivity index (χ4n) is 2.51. The Labute approximate surface area is 178 Å². The van der Waals surface area contributed by atoms with Gasteiger partial charge in [0.15, 0.2) is 5.11 Å². The summed E-state index contributed by atoms with van der Waals surface area (Å²) >= 11 is 12.3. The lowest BCUT2D eigenvalue weighted by atomic mass is 10.1. The molecular formula is C18H21ClN4O3S2. The van der Waals surface area contributed by atoms with Gasteiger partial charge in [-0.1, -0.05) is 11.6 Å². The van der Waals surface area contributed by atoms with Crippen LogP contribution in [0.25, 0.3) is 0 Å². The predicted molar refractivity (Wildman–Crippen MR) is 117 cm³/mol. The van der Waals surface area contributed by atoms with E-state index in [1.165, 1.54) is 24.6 Å². The van der Waals surface area contributed by atoms with E-state index in [2.05, 4.69) is 15.6 Å². The molecule has 150 valence electrons. The van der Waals surface area contributed by atoms with Crippen LogP contribution in [0.2, 0.25) is 5.02 Å². The molecule has 0 radical (unpaired) electrons. The summed E-state index contributed by atoms with van der Waals surface area (Å²) in [6, 6.07) is 3.35. The van der Waals surface area contributed by atoms with E-state index in [0.29, 0.717) is 39.4 Å². The first-order valence-corrected chi connectivity index (χ1v) is 10.1. The van der Waals surface area contributed by atoms with Crippen LogP contribution in [0, 0.1) is 6.92 Å². The van der Waals surface area contributed by atoms with Crippen LogP contribution >= 0.6 is 35.2 Å². The number of esters is 1. The van der Waals surface area contributed by atoms with Gasteiger partial charge in [0, 0.05) is 19.3 Å². The van der Waals surface area contributed by atoms with E-state index in [9.17, 15) is 9.59 Å². The molecule has 10 heteroatoms. The second kappa shape index (κ2) is 9.81. The van der Waals surface area contributed by atoms with Crippen LogP contribution < -0.4 is 10.6 Å². The average Bonchev–Trinajstić information content (AvgIpc) is 2.99. The molecule has 2 aromatic heterocycles. The van der Waals surface area contributed by atoms with Gasteiger partial charge in [0.25, 0.3) is 5.91 Å². The largest absolute Gasteiger partial charge is 0.465 e. The number of hydrogen-bond acceptors (Lipinski definition) is 6. The Kier molecular flexibility index (Phi) is 7.73. The molecule has 0 fully saturated rings. The van der Waals surface area contributed by atoms with Crippen LogP contribution in [-0.2, 0) is 4.74 Å². The first kappa shape index (κ1) is 22.1. The number of amides is 1. The number of halogens is 1. The smallest absolute Gasteiger partial charge is 0.341 e. The molecule has 0 saturated carbocycles. The number of aromatic nitrogens is 1. The Hall–Kier alpha value is -2.23. The Morgan fingerprint density at radius 3 is 2.50 bits per heavy atom. The Morgan fingerprint density at radius 2 is 1.96 bits per heavy atom. The van der Waals surface area contributed by atoms with Crippen molar-refractivity contribution in [1.29, 1.82) is 0 Å². The molecule has 0 spiro atoms. The number of anilines is 2. The molecule has 0 aliphatic carbocycles. The summed E-state index contributed by atoms with van der Waals surface area (Å²) in [5.74, 6) is -0.180. The van der Waals surface area contributed by atoms with Crippen LogP contribution in [0.15, 0.2) is 18.3 Å². The number of carbonyl (C=O) groups excluding carboxylic acids is 2. The van der Waals surface area contributed by atoms with Crippen LogP contribution in [-0.4, -0.2) is 47.1 Å². The number of pyridine rings is 1. The maximum absolute atomic E-state index is 12.8. The quantitative estimate of drug-likeness (QED) is 0.514. The number of hydrogen-bond donors (Lipinski definition) is 2. The van der Waals surface area contributed by atoms with Gasteiger partial charge in [0.1, 0.15) is 10.8 Å². The summed E-state index contributed by atoms with van der Waals surface area (Å²) in [7, 11) is 1.29. The first-order valence-electron chi connectivity index (χ1n) is 8.52. The van der Waals surface area contributed by atoms with Crippen molar-refractivity contribution in [3.8, 4) is 0 Å². The van der Waals surface area contributed by atoms with E-state index in [0.717, 1.165) is 0 Å². The van der Waals surface area contributed by atoms with Crippen molar-refractivity contribution in [2.75, 3.05) is 30.8 Å². The molecule has 28 heavy (non-hydrogen) atoms.